The van der Waals surface area contributed by atoms with Crippen molar-refractivity contribution in [1.82, 2.24) is 10.6 Å². The van der Waals surface area contributed by atoms with Crippen molar-refractivity contribution in [2.75, 3.05) is 5.32 Å². The van der Waals surface area contributed by atoms with Crippen LogP contribution in [0.1, 0.15) is 61.7 Å². The van der Waals surface area contributed by atoms with Crippen LogP contribution in [0.3, 0.4) is 0 Å². The van der Waals surface area contributed by atoms with Crippen molar-refractivity contribution < 1.29 is 19.5 Å². The highest BCUT2D eigenvalue weighted by atomic mass is 16.4. The Hall–Kier alpha value is -2.57. The van der Waals surface area contributed by atoms with E-state index < -0.39 is 17.4 Å². The molecule has 0 unspecified atom stereocenters. The molecule has 3 amide bonds. The van der Waals surface area contributed by atoms with Gasteiger partial charge in [-0.2, -0.15) is 0 Å². The van der Waals surface area contributed by atoms with Crippen LogP contribution in [0.4, 0.5) is 10.5 Å². The Kier molecular flexibility index (Phi) is 5.44. The Morgan fingerprint density at radius 3 is 2.35 bits per heavy atom. The minimum Gasteiger partial charge on any atom is -0.480 e. The van der Waals surface area contributed by atoms with Crippen molar-refractivity contribution >= 4 is 23.6 Å². The molecule has 2 aliphatic carbocycles. The van der Waals surface area contributed by atoms with Crippen LogP contribution in [0.2, 0.25) is 0 Å². The van der Waals surface area contributed by atoms with Crippen molar-refractivity contribution in [3.63, 3.8) is 0 Å². The van der Waals surface area contributed by atoms with Gasteiger partial charge >= 0.3 is 12.0 Å². The number of aliphatic carboxylic acids is 1. The highest BCUT2D eigenvalue weighted by Gasteiger charge is 2.40. The molecule has 1 aromatic carbocycles. The van der Waals surface area contributed by atoms with Crippen LogP contribution in [-0.2, 0) is 4.79 Å². The van der Waals surface area contributed by atoms with Gasteiger partial charge in [-0.3, -0.25) is 4.79 Å². The van der Waals surface area contributed by atoms with Gasteiger partial charge in [0, 0.05) is 17.3 Å². The normalized spacial score (nSPS) is 19.1. The van der Waals surface area contributed by atoms with E-state index in [-0.39, 0.29) is 12.1 Å². The molecular formula is C19H25N3O4. The van der Waals surface area contributed by atoms with Crippen LogP contribution in [0, 0.1) is 0 Å². The van der Waals surface area contributed by atoms with Crippen LogP contribution in [0.25, 0.3) is 0 Å². The number of hydrogen-bond donors (Lipinski definition) is 4. The summed E-state index contributed by atoms with van der Waals surface area (Å²) in [7, 11) is 0. The predicted molar refractivity (Wildman–Crippen MR) is 97.2 cm³/mol. The first-order valence-corrected chi connectivity index (χ1v) is 9.22. The number of amides is 3. The molecular weight excluding hydrogens is 334 g/mol. The fraction of sp³-hybridized carbons (Fsp3) is 0.526. The molecule has 7 heteroatoms. The Bertz CT molecular complexity index is 692. The van der Waals surface area contributed by atoms with Crippen LogP contribution >= 0.6 is 0 Å². The minimum absolute atomic E-state index is 0.243. The van der Waals surface area contributed by atoms with Crippen molar-refractivity contribution in [3.8, 4) is 0 Å². The van der Waals surface area contributed by atoms with Crippen LogP contribution in [0.5, 0.6) is 0 Å². The second-order valence-corrected chi connectivity index (χ2v) is 7.21. The lowest BCUT2D eigenvalue weighted by molar-refractivity contribution is -0.145. The number of carboxylic acids is 1. The van der Waals surface area contributed by atoms with E-state index >= 15 is 0 Å². The van der Waals surface area contributed by atoms with E-state index in [9.17, 15) is 19.5 Å². The quantitative estimate of drug-likeness (QED) is 0.606. The lowest BCUT2D eigenvalue weighted by Gasteiger charge is -2.29. The number of anilines is 1. The van der Waals surface area contributed by atoms with E-state index in [0.29, 0.717) is 24.1 Å². The Morgan fingerprint density at radius 1 is 1.04 bits per heavy atom. The number of urea groups is 1. The lowest BCUT2D eigenvalue weighted by Crippen LogP contribution is -2.54. The summed E-state index contributed by atoms with van der Waals surface area (Å²) in [5, 5.41) is 18.0. The standard InChI is InChI=1S/C19H25N3O4/c23-16(22-19(17(24)25)10-3-1-2-4-11-19)13-6-5-7-15(12-13)21-18(26)20-14-8-9-14/h5-7,12,14H,1-4,8-11H2,(H,22,23)(H,24,25)(H2,20,21,26). The van der Waals surface area contributed by atoms with Crippen molar-refractivity contribution in [1.29, 1.82) is 0 Å². The first-order chi connectivity index (χ1) is 12.5. The van der Waals surface area contributed by atoms with Gasteiger partial charge in [0.05, 0.1) is 0 Å². The number of carbonyl (C=O) groups excluding carboxylic acids is 2. The first kappa shape index (κ1) is 18.2. The second kappa shape index (κ2) is 7.76. The smallest absolute Gasteiger partial charge is 0.329 e. The Morgan fingerprint density at radius 2 is 1.73 bits per heavy atom. The molecule has 2 saturated carbocycles. The summed E-state index contributed by atoms with van der Waals surface area (Å²) in [6.07, 6.45) is 6.41. The van der Waals surface area contributed by atoms with E-state index in [1.165, 1.54) is 0 Å². The molecule has 0 aromatic heterocycles. The van der Waals surface area contributed by atoms with Crippen molar-refractivity contribution in [3.05, 3.63) is 29.8 Å². The van der Waals surface area contributed by atoms with Gasteiger partial charge in [-0.1, -0.05) is 31.7 Å². The van der Waals surface area contributed by atoms with Crippen LogP contribution in [-0.4, -0.2) is 34.6 Å². The molecule has 0 saturated heterocycles. The van der Waals surface area contributed by atoms with Gasteiger partial charge in [-0.15, -0.1) is 0 Å². The molecule has 0 bridgehead atoms. The van der Waals surface area contributed by atoms with Crippen molar-refractivity contribution in [2.45, 2.75) is 62.9 Å². The lowest BCUT2D eigenvalue weighted by atomic mass is 9.90. The molecule has 0 spiro atoms. The van der Waals surface area contributed by atoms with E-state index in [1.54, 1.807) is 24.3 Å². The predicted octanol–water partition coefficient (Wildman–Crippen LogP) is 2.88. The molecule has 26 heavy (non-hydrogen) atoms. The molecule has 7 nitrogen and oxygen atoms in total. The van der Waals surface area contributed by atoms with Gasteiger partial charge in [-0.05, 0) is 43.9 Å². The molecule has 0 radical (unpaired) electrons. The number of carboxylic acid groups (broad SMARTS) is 1. The number of rotatable bonds is 5. The number of nitrogens with one attached hydrogen (secondary N) is 3. The zero-order chi connectivity index (χ0) is 18.6. The van der Waals surface area contributed by atoms with Crippen LogP contribution in [0.15, 0.2) is 24.3 Å². The fourth-order valence-electron chi connectivity index (χ4n) is 3.33. The molecule has 3 rings (SSSR count). The summed E-state index contributed by atoms with van der Waals surface area (Å²) in [5.74, 6) is -1.41. The van der Waals surface area contributed by atoms with Gasteiger partial charge in [0.25, 0.3) is 5.91 Å². The maximum absolute atomic E-state index is 12.7. The average molecular weight is 359 g/mol. The molecule has 2 aliphatic rings. The number of benzene rings is 1. The maximum atomic E-state index is 12.7. The highest BCUT2D eigenvalue weighted by Crippen LogP contribution is 2.28. The summed E-state index contributed by atoms with van der Waals surface area (Å²) in [6, 6.07) is 6.49. The van der Waals surface area contributed by atoms with Gasteiger partial charge < -0.3 is 21.1 Å². The SMILES string of the molecule is O=C(Nc1cccc(C(=O)NC2(C(=O)O)CCCCCC2)c1)NC1CC1. The van der Waals surface area contributed by atoms with Gasteiger partial charge in [0.15, 0.2) is 0 Å². The summed E-state index contributed by atoms with van der Waals surface area (Å²) in [4.78, 5) is 36.3. The maximum Gasteiger partial charge on any atom is 0.329 e. The number of carbonyl (C=O) groups is 3. The van der Waals surface area contributed by atoms with Gasteiger partial charge in [0.1, 0.15) is 5.54 Å². The van der Waals surface area contributed by atoms with E-state index in [0.717, 1.165) is 38.5 Å². The fourth-order valence-corrected chi connectivity index (χ4v) is 3.33. The number of hydrogen-bond acceptors (Lipinski definition) is 3. The largest absolute Gasteiger partial charge is 0.480 e. The van der Waals surface area contributed by atoms with Gasteiger partial charge in [-0.25, -0.2) is 9.59 Å². The molecule has 0 atom stereocenters. The monoisotopic (exact) mass is 359 g/mol. The van der Waals surface area contributed by atoms with Crippen molar-refractivity contribution in [2.24, 2.45) is 0 Å². The topological polar surface area (TPSA) is 108 Å². The summed E-state index contributed by atoms with van der Waals surface area (Å²) in [6.45, 7) is 0. The zero-order valence-corrected chi connectivity index (χ0v) is 14.7. The minimum atomic E-state index is -1.21. The second-order valence-electron chi connectivity index (χ2n) is 7.21. The molecule has 0 heterocycles. The van der Waals surface area contributed by atoms with E-state index in [4.69, 9.17) is 0 Å². The zero-order valence-electron chi connectivity index (χ0n) is 14.7. The van der Waals surface area contributed by atoms with Gasteiger partial charge in [0.2, 0.25) is 0 Å². The summed E-state index contributed by atoms with van der Waals surface area (Å²) < 4.78 is 0. The third-order valence-corrected chi connectivity index (χ3v) is 5.01. The summed E-state index contributed by atoms with van der Waals surface area (Å²) in [5.41, 5.74) is -0.375. The van der Waals surface area contributed by atoms with E-state index in [1.807, 2.05) is 0 Å². The molecule has 4 N–H and O–H groups in total. The molecule has 140 valence electrons. The Balaban J connectivity index is 1.68. The van der Waals surface area contributed by atoms with Crippen LogP contribution < -0.4 is 16.0 Å². The average Bonchev–Trinajstić information content (AvgIpc) is 3.42. The van der Waals surface area contributed by atoms with E-state index in [2.05, 4.69) is 16.0 Å². The molecule has 0 aliphatic heterocycles. The summed E-state index contributed by atoms with van der Waals surface area (Å²) >= 11 is 0. The third kappa shape index (κ3) is 4.53. The third-order valence-electron chi connectivity index (χ3n) is 5.01. The Labute approximate surface area is 152 Å². The molecule has 2 fully saturated rings. The molecule has 1 aromatic rings. The first-order valence-electron chi connectivity index (χ1n) is 9.22. The highest BCUT2D eigenvalue weighted by molar-refractivity contribution is 5.99.